The van der Waals surface area contributed by atoms with Gasteiger partial charge in [0.1, 0.15) is 11.5 Å². The zero-order valence-electron chi connectivity index (χ0n) is 10.8. The van der Waals surface area contributed by atoms with Gasteiger partial charge in [0, 0.05) is 24.0 Å². The average molecular weight is 306 g/mol. The molecule has 0 bridgehead atoms. The van der Waals surface area contributed by atoms with Gasteiger partial charge in [-0.2, -0.15) is 0 Å². The highest BCUT2D eigenvalue weighted by molar-refractivity contribution is 9.10. The minimum Gasteiger partial charge on any atom is -0.456 e. The van der Waals surface area contributed by atoms with Gasteiger partial charge in [-0.05, 0) is 27.4 Å². The Labute approximate surface area is 116 Å². The lowest BCUT2D eigenvalue weighted by atomic mass is 9.86. The fraction of sp³-hybridized carbons (Fsp3) is 0.267. The first-order valence-corrected chi connectivity index (χ1v) is 6.64. The average Bonchev–Trinajstić information content (AvgIpc) is 2.31. The van der Waals surface area contributed by atoms with E-state index in [0.717, 1.165) is 16.0 Å². The molecule has 2 nitrogen and oxygen atoms in total. The molecule has 0 saturated heterocycles. The summed E-state index contributed by atoms with van der Waals surface area (Å²) in [5.74, 6) is 1.67. The molecule has 2 aromatic rings. The largest absolute Gasteiger partial charge is 0.456 e. The Morgan fingerprint density at radius 1 is 1.06 bits per heavy atom. The van der Waals surface area contributed by atoms with Gasteiger partial charge in [-0.25, -0.2) is 0 Å². The van der Waals surface area contributed by atoms with Crippen molar-refractivity contribution in [3.8, 4) is 11.5 Å². The topological polar surface area (TPSA) is 22.1 Å². The molecule has 0 unspecified atom stereocenters. The maximum absolute atomic E-state index is 5.98. The van der Waals surface area contributed by atoms with E-state index in [9.17, 15) is 0 Å². The Morgan fingerprint density at radius 3 is 2.44 bits per heavy atom. The summed E-state index contributed by atoms with van der Waals surface area (Å²) in [6, 6.07) is 9.97. The van der Waals surface area contributed by atoms with Crippen molar-refractivity contribution in [1.29, 1.82) is 0 Å². The first-order chi connectivity index (χ1) is 8.48. The summed E-state index contributed by atoms with van der Waals surface area (Å²) < 4.78 is 6.84. The van der Waals surface area contributed by atoms with E-state index in [1.54, 1.807) is 12.4 Å². The third-order valence-corrected chi connectivity index (χ3v) is 3.25. The summed E-state index contributed by atoms with van der Waals surface area (Å²) in [6.45, 7) is 6.53. The van der Waals surface area contributed by atoms with Crippen molar-refractivity contribution in [3.05, 3.63) is 52.8 Å². The van der Waals surface area contributed by atoms with Gasteiger partial charge >= 0.3 is 0 Å². The van der Waals surface area contributed by atoms with Crippen molar-refractivity contribution >= 4 is 15.9 Å². The molecule has 94 valence electrons. The van der Waals surface area contributed by atoms with Crippen LogP contribution in [0.2, 0.25) is 0 Å². The highest BCUT2D eigenvalue weighted by Gasteiger charge is 2.19. The monoisotopic (exact) mass is 305 g/mol. The summed E-state index contributed by atoms with van der Waals surface area (Å²) in [4.78, 5) is 4.03. The van der Waals surface area contributed by atoms with E-state index in [1.165, 1.54) is 5.56 Å². The predicted molar refractivity (Wildman–Crippen MR) is 77.2 cm³/mol. The number of pyridine rings is 1. The van der Waals surface area contributed by atoms with E-state index in [4.69, 9.17) is 4.74 Å². The molecule has 0 radical (unpaired) electrons. The molecule has 0 fully saturated rings. The van der Waals surface area contributed by atoms with Gasteiger partial charge in [0.2, 0.25) is 0 Å². The fourth-order valence-electron chi connectivity index (χ4n) is 1.74. The molecule has 0 amide bonds. The van der Waals surface area contributed by atoms with E-state index < -0.39 is 0 Å². The van der Waals surface area contributed by atoms with Gasteiger partial charge in [-0.3, -0.25) is 4.98 Å². The Bertz CT molecular complexity index is 546. The predicted octanol–water partition coefficient (Wildman–Crippen LogP) is 4.93. The highest BCUT2D eigenvalue weighted by atomic mass is 79.9. The van der Waals surface area contributed by atoms with Crippen molar-refractivity contribution < 1.29 is 4.74 Å². The van der Waals surface area contributed by atoms with Crippen LogP contribution in [-0.4, -0.2) is 4.98 Å². The van der Waals surface area contributed by atoms with Crippen molar-refractivity contribution in [2.24, 2.45) is 0 Å². The lowest BCUT2D eigenvalue weighted by Crippen LogP contribution is -2.12. The number of hydrogen-bond acceptors (Lipinski definition) is 2. The van der Waals surface area contributed by atoms with E-state index in [0.29, 0.717) is 0 Å². The van der Waals surface area contributed by atoms with Crippen molar-refractivity contribution in [1.82, 2.24) is 4.98 Å². The number of rotatable bonds is 2. The second kappa shape index (κ2) is 5.11. The van der Waals surface area contributed by atoms with E-state index in [-0.39, 0.29) is 5.41 Å². The van der Waals surface area contributed by atoms with Crippen LogP contribution in [0.25, 0.3) is 0 Å². The third kappa shape index (κ3) is 2.91. The molecule has 3 heteroatoms. The molecule has 1 aromatic heterocycles. The van der Waals surface area contributed by atoms with E-state index in [2.05, 4.69) is 47.8 Å². The highest BCUT2D eigenvalue weighted by Crippen LogP contribution is 2.35. The zero-order chi connectivity index (χ0) is 13.2. The number of aromatic nitrogens is 1. The SMILES string of the molecule is CC(C)(C)c1ccccc1Oc1ccncc1Br. The molecule has 0 aliphatic heterocycles. The van der Waals surface area contributed by atoms with Crippen LogP contribution in [0.4, 0.5) is 0 Å². The van der Waals surface area contributed by atoms with Gasteiger partial charge in [-0.1, -0.05) is 39.0 Å². The fourth-order valence-corrected chi connectivity index (χ4v) is 2.07. The van der Waals surface area contributed by atoms with Gasteiger partial charge in [0.15, 0.2) is 0 Å². The molecule has 1 aromatic carbocycles. The van der Waals surface area contributed by atoms with Gasteiger partial charge in [0.25, 0.3) is 0 Å². The normalized spacial score (nSPS) is 11.3. The molecule has 18 heavy (non-hydrogen) atoms. The first kappa shape index (κ1) is 13.1. The summed E-state index contributed by atoms with van der Waals surface area (Å²) in [5, 5.41) is 0. The van der Waals surface area contributed by atoms with Crippen LogP contribution in [-0.2, 0) is 5.41 Å². The van der Waals surface area contributed by atoms with E-state index in [1.807, 2.05) is 24.3 Å². The molecule has 0 N–H and O–H groups in total. The molecule has 2 rings (SSSR count). The smallest absolute Gasteiger partial charge is 0.144 e. The lowest BCUT2D eigenvalue weighted by molar-refractivity contribution is 0.452. The number of hydrogen-bond donors (Lipinski definition) is 0. The van der Waals surface area contributed by atoms with Crippen LogP contribution in [0.5, 0.6) is 11.5 Å². The van der Waals surface area contributed by atoms with Crippen LogP contribution >= 0.6 is 15.9 Å². The molecule has 0 atom stereocenters. The molecule has 0 aliphatic carbocycles. The Hall–Kier alpha value is -1.35. The second-order valence-electron chi connectivity index (χ2n) is 5.15. The molecule has 0 aliphatic rings. The summed E-state index contributed by atoms with van der Waals surface area (Å²) in [5.41, 5.74) is 1.24. The van der Waals surface area contributed by atoms with Crippen LogP contribution in [0.3, 0.4) is 0 Å². The minimum absolute atomic E-state index is 0.0517. The number of halogens is 1. The molecule has 0 spiro atoms. The van der Waals surface area contributed by atoms with E-state index >= 15 is 0 Å². The van der Waals surface area contributed by atoms with Gasteiger partial charge in [-0.15, -0.1) is 0 Å². The number of nitrogens with zero attached hydrogens (tertiary/aromatic N) is 1. The second-order valence-corrected chi connectivity index (χ2v) is 6.01. The Morgan fingerprint density at radius 2 is 1.78 bits per heavy atom. The Balaban J connectivity index is 2.39. The van der Waals surface area contributed by atoms with Crippen molar-refractivity contribution in [3.63, 3.8) is 0 Å². The molecule has 1 heterocycles. The van der Waals surface area contributed by atoms with Crippen LogP contribution in [0.15, 0.2) is 47.2 Å². The maximum Gasteiger partial charge on any atom is 0.144 e. The number of ether oxygens (including phenoxy) is 1. The number of benzene rings is 1. The lowest BCUT2D eigenvalue weighted by Gasteiger charge is -2.22. The first-order valence-electron chi connectivity index (χ1n) is 5.85. The van der Waals surface area contributed by atoms with Crippen molar-refractivity contribution in [2.45, 2.75) is 26.2 Å². The molecular weight excluding hydrogens is 290 g/mol. The van der Waals surface area contributed by atoms with Crippen LogP contribution in [0.1, 0.15) is 26.3 Å². The minimum atomic E-state index is 0.0517. The quantitative estimate of drug-likeness (QED) is 0.784. The number of para-hydroxylation sites is 1. The zero-order valence-corrected chi connectivity index (χ0v) is 12.4. The van der Waals surface area contributed by atoms with Crippen molar-refractivity contribution in [2.75, 3.05) is 0 Å². The standard InChI is InChI=1S/C15H16BrNO/c1-15(2,3)11-6-4-5-7-13(11)18-14-8-9-17-10-12(14)16/h4-10H,1-3H3. The summed E-state index contributed by atoms with van der Waals surface area (Å²) in [7, 11) is 0. The van der Waals surface area contributed by atoms with Gasteiger partial charge in [0.05, 0.1) is 4.47 Å². The maximum atomic E-state index is 5.98. The summed E-state index contributed by atoms with van der Waals surface area (Å²) >= 11 is 3.44. The van der Waals surface area contributed by atoms with Crippen LogP contribution in [0, 0.1) is 0 Å². The Kier molecular flexibility index (Phi) is 3.71. The third-order valence-electron chi connectivity index (χ3n) is 2.65. The summed E-state index contributed by atoms with van der Waals surface area (Å²) in [6.07, 6.45) is 3.45. The van der Waals surface area contributed by atoms with Crippen LogP contribution < -0.4 is 4.74 Å². The molecular formula is C15H16BrNO. The van der Waals surface area contributed by atoms with Gasteiger partial charge < -0.3 is 4.74 Å². The molecule has 0 saturated carbocycles.